The van der Waals surface area contributed by atoms with Crippen molar-refractivity contribution in [1.82, 2.24) is 0 Å². The highest BCUT2D eigenvalue weighted by molar-refractivity contribution is 5.39. The van der Waals surface area contributed by atoms with E-state index in [1.165, 1.54) is 0 Å². The highest BCUT2D eigenvalue weighted by Crippen LogP contribution is 2.23. The summed E-state index contributed by atoms with van der Waals surface area (Å²) in [6, 6.07) is 7.42. The molecule has 0 amide bonds. The highest BCUT2D eigenvalue weighted by Gasteiger charge is 2.06. The molecule has 0 heterocycles. The molecule has 0 aliphatic carbocycles. The summed E-state index contributed by atoms with van der Waals surface area (Å²) in [6.45, 7) is 5.45. The summed E-state index contributed by atoms with van der Waals surface area (Å²) in [5.74, 6) is 0.123. The lowest BCUT2D eigenvalue weighted by atomic mass is 9.98. The number of phenols is 1. The second-order valence-electron chi connectivity index (χ2n) is 3.23. The zero-order chi connectivity index (χ0) is 10.6. The zero-order valence-electron chi connectivity index (χ0n) is 8.20. The minimum absolute atomic E-state index is 0.140. The maximum absolute atomic E-state index is 9.49. The molecular weight excluding hydrogens is 174 g/mol. The first-order valence-corrected chi connectivity index (χ1v) is 4.51. The van der Waals surface area contributed by atoms with E-state index in [-0.39, 0.29) is 11.7 Å². The molecule has 0 bridgehead atoms. The molecule has 1 unspecified atom stereocenters. The molecule has 14 heavy (non-hydrogen) atoms. The van der Waals surface area contributed by atoms with Crippen molar-refractivity contribution in [3.63, 3.8) is 0 Å². The number of hydrogen-bond acceptors (Lipinski definition) is 2. The van der Waals surface area contributed by atoms with Gasteiger partial charge >= 0.3 is 0 Å². The molecule has 0 fully saturated rings. The van der Waals surface area contributed by atoms with Gasteiger partial charge in [0.1, 0.15) is 5.75 Å². The van der Waals surface area contributed by atoms with Crippen molar-refractivity contribution < 1.29 is 5.11 Å². The lowest BCUT2D eigenvalue weighted by Crippen LogP contribution is -1.92. The van der Waals surface area contributed by atoms with E-state index >= 15 is 0 Å². The highest BCUT2D eigenvalue weighted by atomic mass is 16.3. The summed E-state index contributed by atoms with van der Waals surface area (Å²) in [4.78, 5) is 0. The molecule has 0 aromatic heterocycles. The fourth-order valence-electron chi connectivity index (χ4n) is 1.27. The predicted molar refractivity (Wildman–Crippen MR) is 56.0 cm³/mol. The van der Waals surface area contributed by atoms with Crippen LogP contribution in [-0.4, -0.2) is 5.11 Å². The molecule has 0 aliphatic heterocycles. The standard InChI is InChI=1S/C12H13NO/c1-3-4-11-7-10(9(2)8-13)5-6-12(11)14/h3,5-7,9,14H,1,4H2,2H3. The van der Waals surface area contributed by atoms with Crippen molar-refractivity contribution in [3.8, 4) is 11.8 Å². The Balaban J connectivity index is 3.07. The van der Waals surface area contributed by atoms with Crippen LogP contribution in [0.3, 0.4) is 0 Å². The van der Waals surface area contributed by atoms with Crippen molar-refractivity contribution in [2.75, 3.05) is 0 Å². The van der Waals surface area contributed by atoms with Crippen molar-refractivity contribution >= 4 is 0 Å². The van der Waals surface area contributed by atoms with E-state index in [1.54, 1.807) is 18.2 Å². The van der Waals surface area contributed by atoms with E-state index in [0.717, 1.165) is 11.1 Å². The van der Waals surface area contributed by atoms with Crippen LogP contribution in [-0.2, 0) is 6.42 Å². The van der Waals surface area contributed by atoms with Gasteiger partial charge in [0, 0.05) is 0 Å². The third kappa shape index (κ3) is 2.14. The Morgan fingerprint density at radius 2 is 2.36 bits per heavy atom. The molecule has 1 rings (SSSR count). The maximum atomic E-state index is 9.49. The van der Waals surface area contributed by atoms with Crippen LogP contribution >= 0.6 is 0 Å². The molecule has 0 saturated carbocycles. The summed E-state index contributed by atoms with van der Waals surface area (Å²) >= 11 is 0. The first kappa shape index (κ1) is 10.3. The number of hydrogen-bond donors (Lipinski definition) is 1. The Kier molecular flexibility index (Phi) is 3.30. The number of aromatic hydroxyl groups is 1. The summed E-state index contributed by atoms with van der Waals surface area (Å²) in [6.07, 6.45) is 2.35. The predicted octanol–water partition coefficient (Wildman–Crippen LogP) is 2.75. The van der Waals surface area contributed by atoms with Gasteiger partial charge in [0.2, 0.25) is 0 Å². The monoisotopic (exact) mass is 187 g/mol. The largest absolute Gasteiger partial charge is 0.508 e. The van der Waals surface area contributed by atoms with Crippen molar-refractivity contribution in [1.29, 1.82) is 5.26 Å². The van der Waals surface area contributed by atoms with Crippen LogP contribution < -0.4 is 0 Å². The fraction of sp³-hybridized carbons (Fsp3) is 0.250. The third-order valence-corrected chi connectivity index (χ3v) is 2.16. The average Bonchev–Trinajstić information content (AvgIpc) is 2.20. The lowest BCUT2D eigenvalue weighted by Gasteiger charge is -2.07. The van der Waals surface area contributed by atoms with Gasteiger partial charge in [0.05, 0.1) is 12.0 Å². The number of rotatable bonds is 3. The van der Waals surface area contributed by atoms with Crippen LogP contribution in [0.2, 0.25) is 0 Å². The van der Waals surface area contributed by atoms with Gasteiger partial charge in [-0.25, -0.2) is 0 Å². The second kappa shape index (κ2) is 4.48. The minimum atomic E-state index is -0.140. The van der Waals surface area contributed by atoms with E-state index in [0.29, 0.717) is 6.42 Å². The van der Waals surface area contributed by atoms with Crippen LogP contribution in [0.4, 0.5) is 0 Å². The van der Waals surface area contributed by atoms with Crippen molar-refractivity contribution in [2.24, 2.45) is 0 Å². The summed E-state index contributed by atoms with van der Waals surface area (Å²) < 4.78 is 0. The number of phenolic OH excluding ortho intramolecular Hbond substituents is 1. The Morgan fingerprint density at radius 1 is 1.64 bits per heavy atom. The molecule has 1 atom stereocenters. The van der Waals surface area contributed by atoms with Gasteiger partial charge in [0.15, 0.2) is 0 Å². The van der Waals surface area contributed by atoms with E-state index in [2.05, 4.69) is 12.6 Å². The van der Waals surface area contributed by atoms with E-state index in [1.807, 2.05) is 13.0 Å². The van der Waals surface area contributed by atoms with E-state index in [4.69, 9.17) is 5.26 Å². The van der Waals surface area contributed by atoms with Crippen LogP contribution in [0, 0.1) is 11.3 Å². The van der Waals surface area contributed by atoms with Gasteiger partial charge in [0.25, 0.3) is 0 Å². The van der Waals surface area contributed by atoms with E-state index in [9.17, 15) is 5.11 Å². The summed E-state index contributed by atoms with van der Waals surface area (Å²) in [5, 5.41) is 18.2. The van der Waals surface area contributed by atoms with E-state index < -0.39 is 0 Å². The molecule has 1 N–H and O–H groups in total. The molecule has 0 aliphatic rings. The zero-order valence-corrected chi connectivity index (χ0v) is 8.20. The molecule has 1 aromatic rings. The van der Waals surface area contributed by atoms with Crippen molar-refractivity contribution in [2.45, 2.75) is 19.3 Å². The van der Waals surface area contributed by atoms with Gasteiger partial charge in [-0.15, -0.1) is 6.58 Å². The molecule has 2 heteroatoms. The Morgan fingerprint density at radius 3 is 2.93 bits per heavy atom. The Bertz CT molecular complexity index is 376. The molecular formula is C12H13NO. The normalized spacial score (nSPS) is 11.7. The molecule has 72 valence electrons. The van der Waals surface area contributed by atoms with Crippen LogP contribution in [0.1, 0.15) is 24.0 Å². The molecule has 0 spiro atoms. The number of benzene rings is 1. The number of nitriles is 1. The summed E-state index contributed by atoms with van der Waals surface area (Å²) in [5.41, 5.74) is 1.75. The van der Waals surface area contributed by atoms with Gasteiger partial charge in [-0.3, -0.25) is 0 Å². The Labute approximate surface area is 84.1 Å². The minimum Gasteiger partial charge on any atom is -0.508 e. The second-order valence-corrected chi connectivity index (χ2v) is 3.23. The quantitative estimate of drug-likeness (QED) is 0.739. The van der Waals surface area contributed by atoms with Crippen molar-refractivity contribution in [3.05, 3.63) is 42.0 Å². The lowest BCUT2D eigenvalue weighted by molar-refractivity contribution is 0.469. The third-order valence-electron chi connectivity index (χ3n) is 2.16. The number of allylic oxidation sites excluding steroid dienone is 1. The van der Waals surface area contributed by atoms with Gasteiger partial charge in [-0.2, -0.15) is 5.26 Å². The topological polar surface area (TPSA) is 44.0 Å². The summed E-state index contributed by atoms with van der Waals surface area (Å²) in [7, 11) is 0. The Hall–Kier alpha value is -1.75. The van der Waals surface area contributed by atoms with Gasteiger partial charge in [-0.05, 0) is 30.5 Å². The SMILES string of the molecule is C=CCc1cc(C(C)C#N)ccc1O. The first-order valence-electron chi connectivity index (χ1n) is 4.51. The van der Waals surface area contributed by atoms with Gasteiger partial charge < -0.3 is 5.11 Å². The maximum Gasteiger partial charge on any atom is 0.119 e. The smallest absolute Gasteiger partial charge is 0.119 e. The molecule has 0 saturated heterocycles. The average molecular weight is 187 g/mol. The molecule has 0 radical (unpaired) electrons. The van der Waals surface area contributed by atoms with Crippen LogP contribution in [0.25, 0.3) is 0 Å². The number of nitrogens with zero attached hydrogens (tertiary/aromatic N) is 1. The fourth-order valence-corrected chi connectivity index (χ4v) is 1.27. The van der Waals surface area contributed by atoms with Crippen LogP contribution in [0.15, 0.2) is 30.9 Å². The molecule has 2 nitrogen and oxygen atoms in total. The van der Waals surface area contributed by atoms with Crippen LogP contribution in [0.5, 0.6) is 5.75 Å². The van der Waals surface area contributed by atoms with Gasteiger partial charge in [-0.1, -0.05) is 18.2 Å². The molecule has 1 aromatic carbocycles. The first-order chi connectivity index (χ1) is 6.69.